The van der Waals surface area contributed by atoms with Crippen LogP contribution < -0.4 is 5.09 Å². The molecule has 0 saturated heterocycles. The van der Waals surface area contributed by atoms with Crippen LogP contribution in [0.25, 0.3) is 11.1 Å². The highest BCUT2D eigenvalue weighted by molar-refractivity contribution is 7.51. The van der Waals surface area contributed by atoms with Crippen LogP contribution in [0.2, 0.25) is 0 Å². The van der Waals surface area contributed by atoms with E-state index < -0.39 is 32.3 Å². The minimum Gasteiger partial charge on any atom is -0.508 e. The number of aliphatic carboxylic acids is 1. The van der Waals surface area contributed by atoms with Gasteiger partial charge in [-0.05, 0) is 58.4 Å². The summed E-state index contributed by atoms with van der Waals surface area (Å²) in [6.07, 6.45) is 0.689. The molecular formula is C26H26NO8P. The van der Waals surface area contributed by atoms with Gasteiger partial charge in [0.2, 0.25) is 0 Å². The molecule has 2 atom stereocenters. The van der Waals surface area contributed by atoms with E-state index in [9.17, 15) is 24.4 Å². The Morgan fingerprint density at radius 3 is 2.47 bits per heavy atom. The van der Waals surface area contributed by atoms with Gasteiger partial charge >= 0.3 is 19.7 Å². The van der Waals surface area contributed by atoms with Gasteiger partial charge in [-0.2, -0.15) is 0 Å². The lowest BCUT2D eigenvalue weighted by molar-refractivity contribution is -0.147. The second-order valence-electron chi connectivity index (χ2n) is 8.28. The zero-order chi connectivity index (χ0) is 25.7. The summed E-state index contributed by atoms with van der Waals surface area (Å²) in [5.41, 5.74) is 6.02. The molecule has 3 aromatic rings. The first-order chi connectivity index (χ1) is 17.3. The number of carbonyl (C=O) groups excluding carboxylic acids is 1. The number of rotatable bonds is 11. The van der Waals surface area contributed by atoms with Crippen molar-refractivity contribution >= 4 is 19.7 Å². The molecule has 0 amide bonds. The van der Waals surface area contributed by atoms with Crippen molar-refractivity contribution in [2.45, 2.75) is 25.5 Å². The van der Waals surface area contributed by atoms with Crippen LogP contribution in [-0.2, 0) is 47.4 Å². The van der Waals surface area contributed by atoms with Gasteiger partial charge in [-0.1, -0.05) is 54.6 Å². The predicted octanol–water partition coefficient (Wildman–Crippen LogP) is 4.06. The van der Waals surface area contributed by atoms with Crippen LogP contribution in [0.1, 0.15) is 22.3 Å². The van der Waals surface area contributed by atoms with E-state index in [2.05, 4.69) is 17.2 Å². The number of nitrogens with one attached hydrogen (secondary N) is 1. The lowest BCUT2D eigenvalue weighted by atomic mass is 10.0. The summed E-state index contributed by atoms with van der Waals surface area (Å²) in [5, 5.41) is 21.3. The first-order valence-corrected chi connectivity index (χ1v) is 12.8. The highest BCUT2D eigenvalue weighted by atomic mass is 31.2. The van der Waals surface area contributed by atoms with Crippen LogP contribution in [0, 0.1) is 0 Å². The van der Waals surface area contributed by atoms with Crippen molar-refractivity contribution in [1.29, 1.82) is 0 Å². The second kappa shape index (κ2) is 11.1. The summed E-state index contributed by atoms with van der Waals surface area (Å²) in [4.78, 5) is 24.0. The van der Waals surface area contributed by atoms with E-state index >= 15 is 0 Å². The Labute approximate surface area is 208 Å². The van der Waals surface area contributed by atoms with Gasteiger partial charge in [-0.25, -0.2) is 14.4 Å². The van der Waals surface area contributed by atoms with Gasteiger partial charge in [0, 0.05) is 7.11 Å². The maximum atomic E-state index is 12.9. The third-order valence-corrected chi connectivity index (χ3v) is 7.50. The Balaban J connectivity index is 1.34. The lowest BCUT2D eigenvalue weighted by Crippen LogP contribution is -2.37. The highest BCUT2D eigenvalue weighted by Gasteiger charge is 2.32. The molecule has 0 fully saturated rings. The van der Waals surface area contributed by atoms with Crippen LogP contribution in [0.15, 0.2) is 66.7 Å². The smallest absolute Gasteiger partial charge is 0.406 e. The van der Waals surface area contributed by atoms with Gasteiger partial charge < -0.3 is 19.5 Å². The fourth-order valence-corrected chi connectivity index (χ4v) is 5.23. The average Bonchev–Trinajstić information content (AvgIpc) is 3.26. The predicted molar refractivity (Wildman–Crippen MR) is 131 cm³/mol. The number of ether oxygens (including phenoxy) is 1. The zero-order valence-electron chi connectivity index (χ0n) is 19.5. The molecule has 1 aliphatic rings. The van der Waals surface area contributed by atoms with Crippen LogP contribution in [0.5, 0.6) is 5.75 Å². The lowest BCUT2D eigenvalue weighted by Gasteiger charge is -2.21. The maximum absolute atomic E-state index is 12.9. The minimum atomic E-state index is -4.14. The first kappa shape index (κ1) is 25.6. The number of phenolic OH excluding ortho intramolecular Hbond substituents is 1. The molecule has 1 aliphatic carbocycles. The number of benzene rings is 3. The van der Waals surface area contributed by atoms with E-state index in [0.717, 1.165) is 35.8 Å². The number of phenols is 1. The van der Waals surface area contributed by atoms with E-state index in [1.165, 1.54) is 17.7 Å². The normalized spacial score (nSPS) is 14.4. The SMILES string of the molecule is COP(=O)(NC(Cc1ccc(O)cc1)C(=O)O)OCC(=O)OCc1cccc2c1Cc1ccccc1-2. The third kappa shape index (κ3) is 6.01. The Kier molecular flexibility index (Phi) is 7.86. The van der Waals surface area contributed by atoms with Crippen molar-refractivity contribution < 1.29 is 38.2 Å². The molecule has 2 unspecified atom stereocenters. The van der Waals surface area contributed by atoms with Gasteiger partial charge in [0.1, 0.15) is 18.4 Å². The average molecular weight is 511 g/mol. The molecule has 36 heavy (non-hydrogen) atoms. The summed E-state index contributed by atoms with van der Waals surface area (Å²) in [5.74, 6) is -2.02. The van der Waals surface area contributed by atoms with Gasteiger partial charge in [0.05, 0.1) is 0 Å². The van der Waals surface area contributed by atoms with Crippen molar-refractivity contribution in [2.24, 2.45) is 0 Å². The second-order valence-corrected chi connectivity index (χ2v) is 10.2. The molecule has 3 aromatic carbocycles. The molecule has 3 N–H and O–H groups in total. The largest absolute Gasteiger partial charge is 0.508 e. The summed E-state index contributed by atoms with van der Waals surface area (Å²) >= 11 is 0. The maximum Gasteiger partial charge on any atom is 0.406 e. The number of carboxylic acid groups (broad SMARTS) is 1. The molecule has 0 spiro atoms. The summed E-state index contributed by atoms with van der Waals surface area (Å²) in [6, 6.07) is 18.5. The quantitative estimate of drug-likeness (QED) is 0.201. The highest BCUT2D eigenvalue weighted by Crippen LogP contribution is 2.43. The van der Waals surface area contributed by atoms with Gasteiger partial charge in [-0.15, -0.1) is 0 Å². The number of fused-ring (bicyclic) bond motifs is 3. The fourth-order valence-electron chi connectivity index (χ4n) is 4.09. The Morgan fingerprint density at radius 1 is 1.03 bits per heavy atom. The molecule has 0 heterocycles. The van der Waals surface area contributed by atoms with E-state index in [4.69, 9.17) is 13.8 Å². The standard InChI is InChI=1S/C26H26NO8P/c1-33-36(32,27-24(26(30)31)13-17-9-11-20(28)12-10-17)35-16-25(29)34-15-19-6-4-8-22-21-7-3-2-5-18(21)14-23(19)22/h2-12,24,28H,13-16H2,1H3,(H,27,32)(H,30,31). The van der Waals surface area contributed by atoms with Crippen molar-refractivity contribution in [3.8, 4) is 16.9 Å². The molecule has 188 valence electrons. The molecule has 0 bridgehead atoms. The van der Waals surface area contributed by atoms with Crippen molar-refractivity contribution in [3.05, 3.63) is 89.0 Å². The number of esters is 1. The van der Waals surface area contributed by atoms with Gasteiger partial charge in [0.25, 0.3) is 0 Å². The molecule has 10 heteroatoms. The molecule has 0 radical (unpaired) electrons. The summed E-state index contributed by atoms with van der Waals surface area (Å²) in [7, 11) is -3.05. The number of hydrogen-bond donors (Lipinski definition) is 3. The first-order valence-electron chi connectivity index (χ1n) is 11.2. The van der Waals surface area contributed by atoms with E-state index in [-0.39, 0.29) is 18.8 Å². The van der Waals surface area contributed by atoms with Gasteiger partial charge in [0.15, 0.2) is 6.61 Å². The van der Waals surface area contributed by atoms with E-state index in [1.54, 1.807) is 12.1 Å². The van der Waals surface area contributed by atoms with Gasteiger partial charge in [-0.3, -0.25) is 9.32 Å². The monoisotopic (exact) mass is 511 g/mol. The van der Waals surface area contributed by atoms with Crippen LogP contribution in [-0.4, -0.2) is 41.9 Å². The number of carboxylic acids is 1. The van der Waals surface area contributed by atoms with Crippen LogP contribution in [0.3, 0.4) is 0 Å². The molecule has 9 nitrogen and oxygen atoms in total. The van der Waals surface area contributed by atoms with E-state index in [0.29, 0.717) is 5.56 Å². The zero-order valence-corrected chi connectivity index (χ0v) is 20.4. The molecule has 0 aliphatic heterocycles. The van der Waals surface area contributed by atoms with Crippen molar-refractivity contribution in [1.82, 2.24) is 5.09 Å². The molecular weight excluding hydrogens is 485 g/mol. The van der Waals surface area contributed by atoms with Crippen LogP contribution in [0.4, 0.5) is 0 Å². The number of carbonyl (C=O) groups is 2. The summed E-state index contributed by atoms with van der Waals surface area (Å²) in [6.45, 7) is -0.679. The topological polar surface area (TPSA) is 131 Å². The van der Waals surface area contributed by atoms with Crippen molar-refractivity contribution in [3.63, 3.8) is 0 Å². The minimum absolute atomic E-state index is 0.0165. The molecule has 0 aromatic heterocycles. The third-order valence-electron chi connectivity index (χ3n) is 5.92. The molecule has 0 saturated carbocycles. The van der Waals surface area contributed by atoms with Crippen LogP contribution >= 0.6 is 7.75 Å². The number of hydrogen-bond acceptors (Lipinski definition) is 7. The Bertz CT molecular complexity index is 1310. The Morgan fingerprint density at radius 2 is 1.75 bits per heavy atom. The van der Waals surface area contributed by atoms with E-state index in [1.807, 2.05) is 30.3 Å². The number of aromatic hydroxyl groups is 1. The van der Waals surface area contributed by atoms with Crippen molar-refractivity contribution in [2.75, 3.05) is 13.7 Å². The molecule has 4 rings (SSSR count). The fraction of sp³-hybridized carbons (Fsp3) is 0.231. The summed E-state index contributed by atoms with van der Waals surface area (Å²) < 4.78 is 28.3. The Hall–Kier alpha value is -3.49.